The van der Waals surface area contributed by atoms with E-state index in [0.29, 0.717) is 47.4 Å². The van der Waals surface area contributed by atoms with Gasteiger partial charge in [-0.3, -0.25) is 9.59 Å². The highest BCUT2D eigenvalue weighted by Crippen LogP contribution is 2.38. The van der Waals surface area contributed by atoms with E-state index in [4.69, 9.17) is 14.2 Å². The normalized spacial score (nSPS) is 14.6. The van der Waals surface area contributed by atoms with Crippen LogP contribution >= 0.6 is 0 Å². The zero-order valence-corrected chi connectivity index (χ0v) is 23.4. The highest BCUT2D eigenvalue weighted by atomic mass is 16.5. The first-order valence-electron chi connectivity index (χ1n) is 13.7. The summed E-state index contributed by atoms with van der Waals surface area (Å²) in [4.78, 5) is 34.7. The number of hydrogen-bond acceptors (Lipinski definition) is 8. The summed E-state index contributed by atoms with van der Waals surface area (Å²) in [6.07, 6.45) is 4.52. The van der Waals surface area contributed by atoms with E-state index in [1.165, 1.54) is 12.4 Å². The van der Waals surface area contributed by atoms with Crippen molar-refractivity contribution in [3.05, 3.63) is 73.6 Å². The molecule has 0 atom stereocenters. The number of amides is 2. The van der Waals surface area contributed by atoms with Gasteiger partial charge in [-0.05, 0) is 60.4 Å². The zero-order valence-electron chi connectivity index (χ0n) is 23.4. The first-order chi connectivity index (χ1) is 20.4. The number of ether oxygens (including phenoxy) is 3. The Bertz CT molecular complexity index is 1680. The summed E-state index contributed by atoms with van der Waals surface area (Å²) in [6.45, 7) is 4.48. The van der Waals surface area contributed by atoms with Gasteiger partial charge in [-0.1, -0.05) is 24.8 Å². The maximum Gasteiger partial charge on any atom is 0.246 e. The molecule has 3 aromatic carbocycles. The molecule has 214 valence electrons. The number of hydrogen-bond donors (Lipinski definition) is 2. The number of rotatable bonds is 10. The van der Waals surface area contributed by atoms with Crippen LogP contribution in [0.2, 0.25) is 0 Å². The topological polar surface area (TPSA) is 115 Å². The summed E-state index contributed by atoms with van der Waals surface area (Å²) in [5.74, 6) is 2.34. The van der Waals surface area contributed by atoms with Gasteiger partial charge in [0.15, 0.2) is 11.5 Å². The summed E-state index contributed by atoms with van der Waals surface area (Å²) in [6, 6.07) is 17.3. The highest BCUT2D eigenvalue weighted by molar-refractivity contribution is 5.95. The van der Waals surface area contributed by atoms with E-state index in [-0.39, 0.29) is 23.8 Å². The van der Waals surface area contributed by atoms with Crippen molar-refractivity contribution in [1.29, 1.82) is 0 Å². The van der Waals surface area contributed by atoms with Gasteiger partial charge < -0.3 is 29.7 Å². The van der Waals surface area contributed by atoms with Crippen LogP contribution in [0.3, 0.4) is 0 Å². The minimum atomic E-state index is -0.164. The van der Waals surface area contributed by atoms with Gasteiger partial charge in [-0.2, -0.15) is 0 Å². The lowest BCUT2D eigenvalue weighted by Gasteiger charge is -2.38. The lowest BCUT2D eigenvalue weighted by Crippen LogP contribution is -2.55. The van der Waals surface area contributed by atoms with Gasteiger partial charge in [-0.15, -0.1) is 0 Å². The number of nitrogens with zero attached hydrogens (tertiary/aromatic N) is 3. The molecule has 10 heteroatoms. The van der Waals surface area contributed by atoms with Crippen LogP contribution < -0.4 is 24.8 Å². The van der Waals surface area contributed by atoms with Crippen LogP contribution in [0.15, 0.2) is 73.6 Å². The first-order valence-corrected chi connectivity index (χ1v) is 13.7. The Balaban J connectivity index is 1.29. The van der Waals surface area contributed by atoms with Gasteiger partial charge in [0.25, 0.3) is 0 Å². The molecule has 4 aromatic rings. The molecule has 0 radical (unpaired) electrons. The molecule has 1 aliphatic carbocycles. The maximum atomic E-state index is 12.3. The van der Waals surface area contributed by atoms with E-state index < -0.39 is 0 Å². The Morgan fingerprint density at radius 1 is 0.952 bits per heavy atom. The third-order valence-corrected chi connectivity index (χ3v) is 7.41. The second-order valence-electron chi connectivity index (χ2n) is 10.3. The second kappa shape index (κ2) is 11.4. The number of methoxy groups -OCH3 is 2. The van der Waals surface area contributed by atoms with Crippen LogP contribution in [0.5, 0.6) is 17.2 Å². The fourth-order valence-corrected chi connectivity index (χ4v) is 4.90. The molecule has 2 amide bonds. The van der Waals surface area contributed by atoms with Crippen molar-refractivity contribution in [3.63, 3.8) is 0 Å². The Morgan fingerprint density at radius 3 is 2.48 bits per heavy atom. The molecule has 2 heterocycles. The molecule has 2 aliphatic rings. The Kier molecular flexibility index (Phi) is 7.35. The number of carbonyl (C=O) groups excluding carboxylic acids is 2. The van der Waals surface area contributed by atoms with Crippen LogP contribution in [0.4, 0.5) is 17.2 Å². The molecular formula is C32H31N5O5. The molecule has 0 unspecified atom stereocenters. The zero-order chi connectivity index (χ0) is 29.2. The van der Waals surface area contributed by atoms with Crippen molar-refractivity contribution in [2.24, 2.45) is 5.92 Å². The predicted molar refractivity (Wildman–Crippen MR) is 160 cm³/mol. The van der Waals surface area contributed by atoms with Crippen molar-refractivity contribution in [1.82, 2.24) is 14.9 Å². The molecule has 1 saturated heterocycles. The molecule has 42 heavy (non-hydrogen) atoms. The highest BCUT2D eigenvalue weighted by Gasteiger charge is 2.32. The summed E-state index contributed by atoms with van der Waals surface area (Å²) in [5, 5.41) is 7.16. The van der Waals surface area contributed by atoms with Crippen LogP contribution in [-0.4, -0.2) is 60.1 Å². The summed E-state index contributed by atoms with van der Waals surface area (Å²) in [5.41, 5.74) is 4.03. The van der Waals surface area contributed by atoms with Crippen molar-refractivity contribution in [2.75, 3.05) is 37.9 Å². The molecule has 2 fully saturated rings. The van der Waals surface area contributed by atoms with Crippen molar-refractivity contribution in [3.8, 4) is 28.4 Å². The van der Waals surface area contributed by atoms with E-state index in [9.17, 15) is 9.59 Å². The van der Waals surface area contributed by atoms with Crippen LogP contribution in [-0.2, 0) is 9.59 Å². The Labute approximate surface area is 243 Å². The molecule has 1 saturated carbocycles. The summed E-state index contributed by atoms with van der Waals surface area (Å²) < 4.78 is 17.4. The molecule has 1 aromatic heterocycles. The van der Waals surface area contributed by atoms with Crippen molar-refractivity contribution < 1.29 is 23.8 Å². The minimum absolute atomic E-state index is 0.0692. The predicted octanol–water partition coefficient (Wildman–Crippen LogP) is 5.18. The first kappa shape index (κ1) is 27.1. The third-order valence-electron chi connectivity index (χ3n) is 7.41. The fourth-order valence-electron chi connectivity index (χ4n) is 4.90. The van der Waals surface area contributed by atoms with E-state index >= 15 is 0 Å². The molecule has 1 aliphatic heterocycles. The summed E-state index contributed by atoms with van der Waals surface area (Å²) >= 11 is 0. The Hall–Kier alpha value is -5.12. The largest absolute Gasteiger partial charge is 0.495 e. The number of benzene rings is 3. The fraction of sp³-hybridized carbons (Fsp3) is 0.250. The van der Waals surface area contributed by atoms with Crippen molar-refractivity contribution >= 4 is 39.9 Å². The average Bonchev–Trinajstić information content (AvgIpc) is 3.84. The van der Waals surface area contributed by atoms with E-state index in [1.807, 2.05) is 48.5 Å². The van der Waals surface area contributed by atoms with Crippen LogP contribution in [0.1, 0.15) is 12.8 Å². The van der Waals surface area contributed by atoms with E-state index in [2.05, 4.69) is 27.2 Å². The number of likely N-dealkylation sites (tertiary alicyclic amines) is 1. The number of aromatic nitrogens is 2. The molecule has 10 nitrogen and oxygen atoms in total. The number of carbonyl (C=O) groups is 2. The second-order valence-corrected chi connectivity index (χ2v) is 10.3. The third kappa shape index (κ3) is 5.56. The van der Waals surface area contributed by atoms with Crippen LogP contribution in [0.25, 0.3) is 22.0 Å². The Morgan fingerprint density at radius 2 is 1.74 bits per heavy atom. The smallest absolute Gasteiger partial charge is 0.246 e. The number of nitrogens with one attached hydrogen (secondary N) is 2. The molecule has 0 bridgehead atoms. The molecular weight excluding hydrogens is 534 g/mol. The van der Waals surface area contributed by atoms with Crippen molar-refractivity contribution in [2.45, 2.75) is 18.9 Å². The van der Waals surface area contributed by atoms with Gasteiger partial charge in [0.2, 0.25) is 11.8 Å². The monoisotopic (exact) mass is 565 g/mol. The van der Waals surface area contributed by atoms with E-state index in [1.54, 1.807) is 25.2 Å². The SMILES string of the molecule is C=CC(=O)N1CC(Oc2cc3c(Nc4cc(-c5cccc(NC(=O)C6CC6)c5)ccc4OC)ncnc3cc2OC)C1. The standard InChI is InChI=1S/C32H31N5O5/c1-4-30(38)37-16-23(17-37)42-29-14-24-25(15-28(29)41-3)33-18-34-31(24)36-26-13-21(10-11-27(26)40-2)20-6-5-7-22(12-20)35-32(39)19-8-9-19/h4-7,10-15,18-19,23H,1,8-9,16-17H2,2-3H3,(H,35,39)(H,33,34,36). The molecule has 6 rings (SSSR count). The quantitative estimate of drug-likeness (QED) is 0.253. The van der Waals surface area contributed by atoms with E-state index in [0.717, 1.165) is 35.0 Å². The molecule has 0 spiro atoms. The van der Waals surface area contributed by atoms with Gasteiger partial charge in [0.1, 0.15) is 24.0 Å². The van der Waals surface area contributed by atoms with Gasteiger partial charge in [0, 0.05) is 23.1 Å². The van der Waals surface area contributed by atoms with Crippen LogP contribution in [0, 0.1) is 5.92 Å². The lowest BCUT2D eigenvalue weighted by molar-refractivity contribution is -0.134. The summed E-state index contributed by atoms with van der Waals surface area (Å²) in [7, 11) is 3.19. The number of anilines is 3. The molecule has 2 N–H and O–H groups in total. The average molecular weight is 566 g/mol. The minimum Gasteiger partial charge on any atom is -0.495 e. The lowest BCUT2D eigenvalue weighted by atomic mass is 10.0. The number of fused-ring (bicyclic) bond motifs is 1. The van der Waals surface area contributed by atoms with Gasteiger partial charge in [0.05, 0.1) is 38.5 Å². The van der Waals surface area contributed by atoms with Gasteiger partial charge in [-0.25, -0.2) is 9.97 Å². The van der Waals surface area contributed by atoms with Gasteiger partial charge >= 0.3 is 0 Å². The maximum absolute atomic E-state index is 12.3.